The molecular formula is C46H73F5N2O. The van der Waals surface area contributed by atoms with E-state index in [0.29, 0.717) is 54.5 Å². The van der Waals surface area contributed by atoms with Gasteiger partial charge in [-0.2, -0.15) is 13.2 Å². The number of halogens is 5. The number of allylic oxidation sites excluding steroid dienone is 7. The maximum absolute atomic E-state index is 14.0. The predicted molar refractivity (Wildman–Crippen MR) is 227 cm³/mol. The monoisotopic (exact) mass is 765 g/mol. The van der Waals surface area contributed by atoms with Crippen LogP contribution in [0.4, 0.5) is 27.6 Å². The van der Waals surface area contributed by atoms with E-state index >= 15 is 0 Å². The summed E-state index contributed by atoms with van der Waals surface area (Å²) in [4.78, 5) is 11.4. The fourth-order valence-corrected chi connectivity index (χ4v) is 5.12. The molecule has 0 saturated heterocycles. The zero-order valence-electron chi connectivity index (χ0n) is 35.9. The van der Waals surface area contributed by atoms with Crippen LogP contribution in [0.2, 0.25) is 0 Å². The Hall–Kier alpha value is -3.70. The Morgan fingerprint density at radius 1 is 1.02 bits per heavy atom. The molecule has 0 aliphatic heterocycles. The lowest BCUT2D eigenvalue weighted by Gasteiger charge is -2.35. The van der Waals surface area contributed by atoms with Crippen LogP contribution >= 0.6 is 0 Å². The number of nitrogens with one attached hydrogen (secondary N) is 1. The lowest BCUT2D eigenvalue weighted by atomic mass is 9.82. The average Bonchev–Trinajstić information content (AvgIpc) is 3.10. The molecule has 2 unspecified atom stereocenters. The highest BCUT2D eigenvalue weighted by molar-refractivity contribution is 5.52. The lowest BCUT2D eigenvalue weighted by molar-refractivity contribution is -0.107. The summed E-state index contributed by atoms with van der Waals surface area (Å²) >= 11 is 0. The quantitative estimate of drug-likeness (QED) is 0.0714. The van der Waals surface area contributed by atoms with E-state index in [2.05, 4.69) is 50.1 Å². The zero-order valence-corrected chi connectivity index (χ0v) is 35.9. The van der Waals surface area contributed by atoms with E-state index in [-0.39, 0.29) is 17.9 Å². The first-order chi connectivity index (χ1) is 25.3. The maximum atomic E-state index is 14.0. The van der Waals surface area contributed by atoms with Gasteiger partial charge in [-0.25, -0.2) is 8.78 Å². The van der Waals surface area contributed by atoms with Gasteiger partial charge in [0, 0.05) is 18.2 Å². The number of terminal acetylenes is 1. The normalized spacial score (nSPS) is 14.4. The van der Waals surface area contributed by atoms with Crippen LogP contribution in [0.3, 0.4) is 0 Å². The molecule has 54 heavy (non-hydrogen) atoms. The van der Waals surface area contributed by atoms with Crippen molar-refractivity contribution in [2.45, 2.75) is 146 Å². The molecule has 1 aromatic rings. The van der Waals surface area contributed by atoms with Crippen LogP contribution in [0.15, 0.2) is 83.0 Å². The number of anilines is 1. The van der Waals surface area contributed by atoms with Gasteiger partial charge in [-0.05, 0) is 134 Å². The number of alkyl halides is 4. The van der Waals surface area contributed by atoms with Crippen molar-refractivity contribution in [1.29, 1.82) is 0 Å². The van der Waals surface area contributed by atoms with Crippen molar-refractivity contribution in [2.75, 3.05) is 25.6 Å². The highest BCUT2D eigenvalue weighted by Gasteiger charge is 2.39. The van der Waals surface area contributed by atoms with Gasteiger partial charge in [-0.3, -0.25) is 4.90 Å². The number of hydrogen-bond acceptors (Lipinski definition) is 3. The third-order valence-electron chi connectivity index (χ3n) is 7.69. The zero-order chi connectivity index (χ0) is 43.0. The second kappa shape index (κ2) is 33.8. The van der Waals surface area contributed by atoms with Gasteiger partial charge in [0.25, 0.3) is 0 Å². The molecule has 1 aliphatic carbocycles. The lowest BCUT2D eigenvalue weighted by Crippen LogP contribution is -2.36. The van der Waals surface area contributed by atoms with E-state index in [1.165, 1.54) is 17.2 Å². The summed E-state index contributed by atoms with van der Waals surface area (Å²) < 4.78 is 67.9. The van der Waals surface area contributed by atoms with Crippen LogP contribution in [0.1, 0.15) is 125 Å². The third-order valence-corrected chi connectivity index (χ3v) is 7.69. The second-order valence-electron chi connectivity index (χ2n) is 13.2. The Balaban J connectivity index is -0.000000373. The standard InChI is InChI=1S/C22H34F3N.C12H17F2N.C4H8.C3H6O.C3H6.C2H2/c1-7-10-17(5)21(22(23,24)25)19(11-8-2)18-13-12-16(4)15-20(18)26(6)14-9-3;1-4-10(7-13)15-11-5-8(2)9(3)12(14)6-11;1-4(2)3;1-2-3-4;1-3-2;1-2/h10,12-13,20H,7-9,11,14-15H2,1-6H3;5-6,10,15H,4,7H2,1-3H3;1H2,2-3H3;3H,2H2,1H3;3H,1H2,2H3;1-2H/b17-10+,21-19-;;;;;. The first kappa shape index (κ1) is 57.0. The number of benzene rings is 1. The highest BCUT2D eigenvalue weighted by Crippen LogP contribution is 2.41. The number of hydrogen-bond donors (Lipinski definition) is 1. The van der Waals surface area contributed by atoms with E-state index < -0.39 is 18.4 Å². The fourth-order valence-electron chi connectivity index (χ4n) is 5.12. The van der Waals surface area contributed by atoms with E-state index in [4.69, 9.17) is 0 Å². The average molecular weight is 765 g/mol. The molecule has 0 fully saturated rings. The minimum atomic E-state index is -4.34. The van der Waals surface area contributed by atoms with Gasteiger partial charge in [-0.15, -0.1) is 26.0 Å². The van der Waals surface area contributed by atoms with Gasteiger partial charge in [0.15, 0.2) is 0 Å². The van der Waals surface area contributed by atoms with Gasteiger partial charge in [0.1, 0.15) is 18.8 Å². The third kappa shape index (κ3) is 25.3. The molecule has 2 atom stereocenters. The molecule has 0 bridgehead atoms. The number of aryl methyl sites for hydroxylation is 1. The summed E-state index contributed by atoms with van der Waals surface area (Å²) in [5.41, 5.74) is 5.78. The minimum absolute atomic E-state index is 0.00766. The van der Waals surface area contributed by atoms with Gasteiger partial charge < -0.3 is 10.1 Å². The summed E-state index contributed by atoms with van der Waals surface area (Å²) in [5.74, 6) is -0.244. The maximum Gasteiger partial charge on any atom is 0.416 e. The minimum Gasteiger partial charge on any atom is -0.380 e. The molecule has 1 N–H and O–H groups in total. The molecule has 0 amide bonds. The summed E-state index contributed by atoms with van der Waals surface area (Å²) in [6.07, 6.45) is 16.7. The summed E-state index contributed by atoms with van der Waals surface area (Å²) in [6.45, 7) is 30.0. The molecule has 8 heteroatoms. The van der Waals surface area contributed by atoms with Gasteiger partial charge in [0.2, 0.25) is 0 Å². The first-order valence-electron chi connectivity index (χ1n) is 18.9. The molecule has 0 aromatic heterocycles. The van der Waals surface area contributed by atoms with Crippen LogP contribution < -0.4 is 5.32 Å². The van der Waals surface area contributed by atoms with Crippen LogP contribution in [-0.2, 0) is 4.79 Å². The highest BCUT2D eigenvalue weighted by atomic mass is 19.4. The van der Waals surface area contributed by atoms with E-state index in [1.54, 1.807) is 26.0 Å². The van der Waals surface area contributed by atoms with Crippen LogP contribution in [-0.4, -0.2) is 49.7 Å². The Kier molecular flexibility index (Phi) is 35.7. The molecular weight excluding hydrogens is 692 g/mol. The first-order valence-corrected chi connectivity index (χ1v) is 18.9. The number of carbonyl (C=O) groups is 1. The molecule has 0 spiro atoms. The van der Waals surface area contributed by atoms with Crippen molar-refractivity contribution in [1.82, 2.24) is 4.90 Å². The van der Waals surface area contributed by atoms with Crippen molar-refractivity contribution in [2.24, 2.45) is 0 Å². The van der Waals surface area contributed by atoms with Gasteiger partial charge in [0.05, 0.1) is 11.6 Å². The van der Waals surface area contributed by atoms with E-state index in [0.717, 1.165) is 36.8 Å². The Morgan fingerprint density at radius 3 is 1.91 bits per heavy atom. The Bertz CT molecular complexity index is 1320. The van der Waals surface area contributed by atoms with E-state index in [1.807, 2.05) is 80.7 Å². The van der Waals surface area contributed by atoms with Crippen molar-refractivity contribution in [3.8, 4) is 12.8 Å². The summed E-state index contributed by atoms with van der Waals surface area (Å²) in [7, 11) is 2.02. The second-order valence-corrected chi connectivity index (χ2v) is 13.2. The largest absolute Gasteiger partial charge is 0.416 e. The number of aldehydes is 1. The molecule has 1 aliphatic rings. The molecule has 0 radical (unpaired) electrons. The topological polar surface area (TPSA) is 32.3 Å². The van der Waals surface area contributed by atoms with Crippen LogP contribution in [0, 0.1) is 32.5 Å². The van der Waals surface area contributed by atoms with Gasteiger partial charge >= 0.3 is 6.18 Å². The Labute approximate surface area is 327 Å². The number of likely N-dealkylation sites (N-methyl/N-ethyl adjacent to an activating group) is 1. The molecule has 2 rings (SSSR count). The van der Waals surface area contributed by atoms with Gasteiger partial charge in [-0.1, -0.05) is 76.5 Å². The van der Waals surface area contributed by atoms with Crippen molar-refractivity contribution in [3.63, 3.8) is 0 Å². The molecule has 3 nitrogen and oxygen atoms in total. The number of nitrogens with zero attached hydrogens (tertiary/aromatic N) is 1. The fraction of sp³-hybridized carbons (Fsp3) is 0.543. The SMILES string of the molecule is C#C.C=C(C)C.C=CC.CC/C=C(C)/C(=C(\CCC)C1=CC=C(C)CC1N(C)CCC)C(F)(F)F.CCC(CF)Nc1cc(C)c(C)c(F)c1.CCC=O. The van der Waals surface area contributed by atoms with Crippen molar-refractivity contribution in [3.05, 3.63) is 100.0 Å². The molecule has 0 saturated carbocycles. The van der Waals surface area contributed by atoms with Crippen molar-refractivity contribution >= 4 is 12.0 Å². The van der Waals surface area contributed by atoms with Crippen LogP contribution in [0.5, 0.6) is 0 Å². The number of carbonyl (C=O) groups excluding carboxylic acids is 1. The number of rotatable bonds is 13. The molecule has 308 valence electrons. The van der Waals surface area contributed by atoms with E-state index in [9.17, 15) is 26.7 Å². The molecule has 1 aromatic carbocycles. The summed E-state index contributed by atoms with van der Waals surface area (Å²) in [6, 6.07) is 3.04. The van der Waals surface area contributed by atoms with Crippen molar-refractivity contribution < 1.29 is 26.7 Å². The molecule has 0 heterocycles. The predicted octanol–water partition coefficient (Wildman–Crippen LogP) is 14.2. The van der Waals surface area contributed by atoms with Crippen LogP contribution in [0.25, 0.3) is 0 Å². The summed E-state index contributed by atoms with van der Waals surface area (Å²) in [5, 5.41) is 2.97. The Morgan fingerprint density at radius 2 is 1.54 bits per heavy atom. The smallest absolute Gasteiger partial charge is 0.380 e.